The lowest BCUT2D eigenvalue weighted by molar-refractivity contribution is 0.138. The van der Waals surface area contributed by atoms with E-state index in [9.17, 15) is 4.39 Å². The summed E-state index contributed by atoms with van der Waals surface area (Å²) in [6.45, 7) is 8.68. The van der Waals surface area contributed by atoms with E-state index in [1.807, 2.05) is 0 Å². The zero-order valence-electron chi connectivity index (χ0n) is 11.0. The molecule has 2 rings (SSSR count). The van der Waals surface area contributed by atoms with Gasteiger partial charge in [-0.05, 0) is 30.7 Å². The van der Waals surface area contributed by atoms with E-state index in [2.05, 4.69) is 16.7 Å². The minimum Gasteiger partial charge on any atom is -0.399 e. The summed E-state index contributed by atoms with van der Waals surface area (Å²) in [4.78, 5) is 4.85. The van der Waals surface area contributed by atoms with Gasteiger partial charge in [0, 0.05) is 38.4 Å². The lowest BCUT2D eigenvalue weighted by atomic mass is 10.1. The Labute approximate surface area is 108 Å². The van der Waals surface area contributed by atoms with Crippen LogP contribution in [0.1, 0.15) is 12.5 Å². The van der Waals surface area contributed by atoms with Gasteiger partial charge in [0.25, 0.3) is 0 Å². The number of rotatable bonds is 4. The Hall–Kier alpha value is -1.13. The summed E-state index contributed by atoms with van der Waals surface area (Å²) < 4.78 is 13.6. The standard InChI is InChI=1S/C14H22FN3/c1-2-17-7-9-18(10-8-17)6-5-12-3-4-13(16)11-14(12)15/h3-4,11H,2,5-10,16H2,1H3. The Kier molecular flexibility index (Phi) is 4.55. The zero-order chi connectivity index (χ0) is 13.0. The van der Waals surface area contributed by atoms with Crippen LogP contribution in [0.2, 0.25) is 0 Å². The van der Waals surface area contributed by atoms with Crippen molar-refractivity contribution in [3.05, 3.63) is 29.6 Å². The summed E-state index contributed by atoms with van der Waals surface area (Å²) in [5.41, 5.74) is 6.80. The fourth-order valence-corrected chi connectivity index (χ4v) is 2.37. The molecule has 3 nitrogen and oxygen atoms in total. The molecule has 1 aliphatic rings. The monoisotopic (exact) mass is 251 g/mol. The minimum atomic E-state index is -0.179. The van der Waals surface area contributed by atoms with Crippen LogP contribution in [0.3, 0.4) is 0 Å². The van der Waals surface area contributed by atoms with E-state index in [0.29, 0.717) is 5.69 Å². The van der Waals surface area contributed by atoms with Gasteiger partial charge in [0.2, 0.25) is 0 Å². The van der Waals surface area contributed by atoms with E-state index < -0.39 is 0 Å². The van der Waals surface area contributed by atoms with Crippen LogP contribution in [0.5, 0.6) is 0 Å². The van der Waals surface area contributed by atoms with Crippen molar-refractivity contribution in [3.63, 3.8) is 0 Å². The first kappa shape index (κ1) is 13.3. The normalized spacial score (nSPS) is 18.1. The highest BCUT2D eigenvalue weighted by Gasteiger charge is 2.15. The molecule has 0 spiro atoms. The molecular formula is C14H22FN3. The Bertz CT molecular complexity index is 387. The van der Waals surface area contributed by atoms with Gasteiger partial charge in [-0.3, -0.25) is 0 Å². The number of hydrogen-bond acceptors (Lipinski definition) is 3. The number of halogens is 1. The van der Waals surface area contributed by atoms with Gasteiger partial charge in [-0.2, -0.15) is 0 Å². The van der Waals surface area contributed by atoms with E-state index in [1.54, 1.807) is 12.1 Å². The second-order valence-electron chi connectivity index (χ2n) is 4.88. The highest BCUT2D eigenvalue weighted by molar-refractivity contribution is 5.40. The van der Waals surface area contributed by atoms with E-state index >= 15 is 0 Å². The predicted octanol–water partition coefficient (Wildman–Crippen LogP) is 1.59. The summed E-state index contributed by atoms with van der Waals surface area (Å²) in [6, 6.07) is 4.98. The third-order valence-corrected chi connectivity index (χ3v) is 3.69. The minimum absolute atomic E-state index is 0.179. The molecule has 0 atom stereocenters. The van der Waals surface area contributed by atoms with Crippen molar-refractivity contribution in [1.29, 1.82) is 0 Å². The van der Waals surface area contributed by atoms with Crippen molar-refractivity contribution in [1.82, 2.24) is 9.80 Å². The highest BCUT2D eigenvalue weighted by atomic mass is 19.1. The third-order valence-electron chi connectivity index (χ3n) is 3.69. The summed E-state index contributed by atoms with van der Waals surface area (Å²) in [5.74, 6) is -0.179. The summed E-state index contributed by atoms with van der Waals surface area (Å²) in [7, 11) is 0. The number of nitrogens with zero attached hydrogens (tertiary/aromatic N) is 2. The van der Waals surface area contributed by atoms with E-state index in [-0.39, 0.29) is 5.82 Å². The molecule has 0 saturated carbocycles. The Morgan fingerprint density at radius 1 is 1.17 bits per heavy atom. The van der Waals surface area contributed by atoms with Crippen LogP contribution in [-0.4, -0.2) is 49.1 Å². The molecule has 100 valence electrons. The Morgan fingerprint density at radius 2 is 1.83 bits per heavy atom. The largest absolute Gasteiger partial charge is 0.399 e. The van der Waals surface area contributed by atoms with Gasteiger partial charge in [-0.1, -0.05) is 13.0 Å². The lowest BCUT2D eigenvalue weighted by Crippen LogP contribution is -2.46. The maximum atomic E-state index is 13.6. The molecule has 2 N–H and O–H groups in total. The molecule has 18 heavy (non-hydrogen) atoms. The van der Waals surface area contributed by atoms with Gasteiger partial charge in [-0.15, -0.1) is 0 Å². The van der Waals surface area contributed by atoms with Gasteiger partial charge in [0.1, 0.15) is 5.82 Å². The average Bonchev–Trinajstić information content (AvgIpc) is 2.38. The van der Waals surface area contributed by atoms with E-state index in [1.165, 1.54) is 6.07 Å². The predicted molar refractivity (Wildman–Crippen MR) is 73.1 cm³/mol. The van der Waals surface area contributed by atoms with Crippen LogP contribution in [-0.2, 0) is 6.42 Å². The maximum Gasteiger partial charge on any atom is 0.128 e. The number of hydrogen-bond donors (Lipinski definition) is 1. The topological polar surface area (TPSA) is 32.5 Å². The number of anilines is 1. The molecule has 1 aromatic carbocycles. The molecule has 0 aliphatic carbocycles. The van der Waals surface area contributed by atoms with E-state index in [4.69, 9.17) is 5.73 Å². The van der Waals surface area contributed by atoms with Gasteiger partial charge in [0.05, 0.1) is 0 Å². The summed E-state index contributed by atoms with van der Waals surface area (Å²) in [6.07, 6.45) is 0.762. The number of likely N-dealkylation sites (N-methyl/N-ethyl adjacent to an activating group) is 1. The molecule has 0 bridgehead atoms. The first-order valence-electron chi connectivity index (χ1n) is 6.67. The van der Waals surface area contributed by atoms with Crippen LogP contribution in [0.4, 0.5) is 10.1 Å². The van der Waals surface area contributed by atoms with Crippen LogP contribution in [0, 0.1) is 5.82 Å². The van der Waals surface area contributed by atoms with Crippen molar-refractivity contribution in [2.45, 2.75) is 13.3 Å². The second kappa shape index (κ2) is 6.16. The van der Waals surface area contributed by atoms with E-state index in [0.717, 1.165) is 51.3 Å². The molecule has 1 saturated heterocycles. The summed E-state index contributed by atoms with van der Waals surface area (Å²) >= 11 is 0. The lowest BCUT2D eigenvalue weighted by Gasteiger charge is -2.34. The van der Waals surface area contributed by atoms with Crippen LogP contribution in [0.15, 0.2) is 18.2 Å². The SMILES string of the molecule is CCN1CCN(CCc2ccc(N)cc2F)CC1. The molecule has 4 heteroatoms. The van der Waals surface area contributed by atoms with Crippen molar-refractivity contribution in [2.24, 2.45) is 0 Å². The zero-order valence-corrected chi connectivity index (χ0v) is 11.0. The van der Waals surface area contributed by atoms with Gasteiger partial charge < -0.3 is 15.5 Å². The molecule has 1 fully saturated rings. The van der Waals surface area contributed by atoms with Crippen LogP contribution < -0.4 is 5.73 Å². The van der Waals surface area contributed by atoms with Crippen LogP contribution >= 0.6 is 0 Å². The van der Waals surface area contributed by atoms with Crippen molar-refractivity contribution >= 4 is 5.69 Å². The third kappa shape index (κ3) is 3.43. The molecule has 0 amide bonds. The molecular weight excluding hydrogens is 229 g/mol. The quantitative estimate of drug-likeness (QED) is 0.825. The first-order valence-corrected chi connectivity index (χ1v) is 6.67. The molecule has 1 aliphatic heterocycles. The first-order chi connectivity index (χ1) is 8.69. The Morgan fingerprint density at radius 3 is 2.44 bits per heavy atom. The molecule has 1 heterocycles. The average molecular weight is 251 g/mol. The molecule has 1 aromatic rings. The maximum absolute atomic E-state index is 13.6. The van der Waals surface area contributed by atoms with Crippen LogP contribution in [0.25, 0.3) is 0 Å². The van der Waals surface area contributed by atoms with Gasteiger partial charge >= 0.3 is 0 Å². The summed E-state index contributed by atoms with van der Waals surface area (Å²) in [5, 5.41) is 0. The molecule has 0 radical (unpaired) electrons. The second-order valence-corrected chi connectivity index (χ2v) is 4.88. The van der Waals surface area contributed by atoms with Gasteiger partial charge in [-0.25, -0.2) is 4.39 Å². The van der Waals surface area contributed by atoms with Crippen molar-refractivity contribution in [3.8, 4) is 0 Å². The number of benzene rings is 1. The fraction of sp³-hybridized carbons (Fsp3) is 0.571. The molecule has 0 aromatic heterocycles. The molecule has 0 unspecified atom stereocenters. The Balaban J connectivity index is 1.81. The fourth-order valence-electron chi connectivity index (χ4n) is 2.37. The van der Waals surface area contributed by atoms with Crippen molar-refractivity contribution in [2.75, 3.05) is 45.0 Å². The number of nitrogens with two attached hydrogens (primary N) is 1. The van der Waals surface area contributed by atoms with Gasteiger partial charge in [0.15, 0.2) is 0 Å². The smallest absolute Gasteiger partial charge is 0.128 e. The number of nitrogen functional groups attached to an aromatic ring is 1. The number of piperazine rings is 1. The highest BCUT2D eigenvalue weighted by Crippen LogP contribution is 2.13. The van der Waals surface area contributed by atoms with Crippen molar-refractivity contribution < 1.29 is 4.39 Å².